The number of ether oxygens (including phenoxy) is 1. The van der Waals surface area contributed by atoms with Crippen LogP contribution in [0.3, 0.4) is 0 Å². The molecule has 1 saturated carbocycles. The molecule has 0 aromatic heterocycles. The summed E-state index contributed by atoms with van der Waals surface area (Å²) < 4.78 is 4.62. The lowest BCUT2D eigenvalue weighted by molar-refractivity contribution is -0.142. The Morgan fingerprint density at radius 1 is 1.19 bits per heavy atom. The summed E-state index contributed by atoms with van der Waals surface area (Å²) in [5, 5.41) is 0. The van der Waals surface area contributed by atoms with Crippen molar-refractivity contribution in [3.8, 4) is 0 Å². The molecule has 0 aliphatic heterocycles. The summed E-state index contributed by atoms with van der Waals surface area (Å²) in [6.07, 6.45) is 0.624. The van der Waals surface area contributed by atoms with E-state index in [-0.39, 0.29) is 23.6 Å². The van der Waals surface area contributed by atoms with Crippen molar-refractivity contribution in [1.82, 2.24) is 0 Å². The number of Topliss-reactive ketones (excluding diaryl/α,β-unsaturated/α-hetero) is 1. The zero-order valence-electron chi connectivity index (χ0n) is 9.40. The molecule has 2 rings (SSSR count). The first-order valence-electron chi connectivity index (χ1n) is 5.32. The van der Waals surface area contributed by atoms with Gasteiger partial charge in [-0.25, -0.2) is 0 Å². The van der Waals surface area contributed by atoms with Gasteiger partial charge < -0.3 is 4.74 Å². The smallest absolute Gasteiger partial charge is 0.309 e. The van der Waals surface area contributed by atoms with E-state index in [0.29, 0.717) is 12.0 Å². The van der Waals surface area contributed by atoms with E-state index in [1.807, 2.05) is 31.2 Å². The molecule has 0 heterocycles. The number of hydrogen-bond donors (Lipinski definition) is 0. The first-order chi connectivity index (χ1) is 7.63. The molecule has 1 aromatic carbocycles. The van der Waals surface area contributed by atoms with Crippen molar-refractivity contribution in [2.45, 2.75) is 13.3 Å². The molecule has 0 N–H and O–H groups in total. The fourth-order valence-corrected chi connectivity index (χ4v) is 1.83. The summed E-state index contributed by atoms with van der Waals surface area (Å²) in [5.41, 5.74) is 1.80. The average Bonchev–Trinajstić information content (AvgIpc) is 3.08. The summed E-state index contributed by atoms with van der Waals surface area (Å²) in [4.78, 5) is 23.1. The number of esters is 1. The summed E-state index contributed by atoms with van der Waals surface area (Å²) in [6.45, 7) is 1.97. The molecule has 0 radical (unpaired) electrons. The minimum Gasteiger partial charge on any atom is -0.469 e. The van der Waals surface area contributed by atoms with Crippen molar-refractivity contribution in [1.29, 1.82) is 0 Å². The van der Waals surface area contributed by atoms with E-state index in [1.165, 1.54) is 7.11 Å². The van der Waals surface area contributed by atoms with Gasteiger partial charge in [0.15, 0.2) is 5.78 Å². The zero-order valence-corrected chi connectivity index (χ0v) is 9.40. The SMILES string of the molecule is COC(=O)[C@H]1C[C@@H]1C(=O)c1ccc(C)cc1. The van der Waals surface area contributed by atoms with Crippen LogP contribution in [-0.4, -0.2) is 18.9 Å². The second-order valence-corrected chi connectivity index (χ2v) is 4.20. The highest BCUT2D eigenvalue weighted by Gasteiger charge is 2.48. The molecule has 0 spiro atoms. The molecule has 1 aliphatic rings. The van der Waals surface area contributed by atoms with Crippen LogP contribution in [0.15, 0.2) is 24.3 Å². The average molecular weight is 218 g/mol. The molecule has 0 amide bonds. The maximum absolute atomic E-state index is 11.9. The number of aryl methyl sites for hydroxylation is 1. The molecule has 1 aromatic rings. The van der Waals surface area contributed by atoms with Crippen LogP contribution in [0.5, 0.6) is 0 Å². The monoisotopic (exact) mass is 218 g/mol. The van der Waals surface area contributed by atoms with Gasteiger partial charge in [-0.2, -0.15) is 0 Å². The Labute approximate surface area is 94.4 Å². The largest absolute Gasteiger partial charge is 0.469 e. The lowest BCUT2D eigenvalue weighted by atomic mass is 10.0. The third kappa shape index (κ3) is 1.98. The highest BCUT2D eigenvalue weighted by atomic mass is 16.5. The third-order valence-corrected chi connectivity index (χ3v) is 2.97. The number of rotatable bonds is 3. The standard InChI is InChI=1S/C13H14O3/c1-8-3-5-9(6-4-8)12(14)10-7-11(10)13(15)16-2/h3-6,10-11H,7H2,1-2H3/t10-,11-/m0/s1. The number of carbonyl (C=O) groups is 2. The highest BCUT2D eigenvalue weighted by Crippen LogP contribution is 2.41. The highest BCUT2D eigenvalue weighted by molar-refractivity contribution is 6.02. The molecule has 0 saturated heterocycles. The van der Waals surface area contributed by atoms with Crippen LogP contribution in [0, 0.1) is 18.8 Å². The first-order valence-corrected chi connectivity index (χ1v) is 5.32. The molecule has 84 valence electrons. The van der Waals surface area contributed by atoms with Crippen LogP contribution in [0.4, 0.5) is 0 Å². The van der Waals surface area contributed by atoms with E-state index in [4.69, 9.17) is 0 Å². The van der Waals surface area contributed by atoms with Gasteiger partial charge in [0, 0.05) is 11.5 Å². The maximum atomic E-state index is 11.9. The number of carbonyl (C=O) groups excluding carboxylic acids is 2. The molecule has 3 heteroatoms. The maximum Gasteiger partial charge on any atom is 0.309 e. The zero-order chi connectivity index (χ0) is 11.7. The van der Waals surface area contributed by atoms with E-state index < -0.39 is 0 Å². The van der Waals surface area contributed by atoms with Crippen molar-refractivity contribution in [3.05, 3.63) is 35.4 Å². The van der Waals surface area contributed by atoms with Crippen molar-refractivity contribution < 1.29 is 14.3 Å². The van der Waals surface area contributed by atoms with E-state index in [1.54, 1.807) is 0 Å². The van der Waals surface area contributed by atoms with Gasteiger partial charge in [-0.05, 0) is 13.3 Å². The molecule has 0 bridgehead atoms. The lowest BCUT2D eigenvalue weighted by Crippen LogP contribution is -2.10. The number of benzene rings is 1. The second kappa shape index (κ2) is 4.08. The molecular formula is C13H14O3. The Kier molecular flexibility index (Phi) is 2.77. The van der Waals surface area contributed by atoms with Gasteiger partial charge in [0.2, 0.25) is 0 Å². The quantitative estimate of drug-likeness (QED) is 0.575. The van der Waals surface area contributed by atoms with Crippen LogP contribution in [0.2, 0.25) is 0 Å². The van der Waals surface area contributed by atoms with Gasteiger partial charge in [-0.15, -0.1) is 0 Å². The van der Waals surface area contributed by atoms with E-state index in [9.17, 15) is 9.59 Å². The van der Waals surface area contributed by atoms with Crippen LogP contribution < -0.4 is 0 Å². The van der Waals surface area contributed by atoms with Gasteiger partial charge in [-0.1, -0.05) is 29.8 Å². The van der Waals surface area contributed by atoms with Crippen molar-refractivity contribution in [3.63, 3.8) is 0 Å². The Balaban J connectivity index is 2.05. The fraction of sp³-hybridized carbons (Fsp3) is 0.385. The first kappa shape index (κ1) is 10.9. The van der Waals surface area contributed by atoms with Gasteiger partial charge in [0.1, 0.15) is 0 Å². The normalized spacial score (nSPS) is 22.6. The van der Waals surface area contributed by atoms with Gasteiger partial charge in [0.05, 0.1) is 13.0 Å². The predicted molar refractivity (Wildman–Crippen MR) is 59.1 cm³/mol. The van der Waals surface area contributed by atoms with Crippen LogP contribution in [0.25, 0.3) is 0 Å². The summed E-state index contributed by atoms with van der Waals surface area (Å²) in [5.74, 6) is -0.616. The van der Waals surface area contributed by atoms with E-state index in [2.05, 4.69) is 4.74 Å². The number of methoxy groups -OCH3 is 1. The second-order valence-electron chi connectivity index (χ2n) is 4.20. The van der Waals surface area contributed by atoms with E-state index in [0.717, 1.165) is 5.56 Å². The van der Waals surface area contributed by atoms with Crippen molar-refractivity contribution in [2.24, 2.45) is 11.8 Å². The minimum absolute atomic E-state index is 0.0513. The van der Waals surface area contributed by atoms with Crippen molar-refractivity contribution >= 4 is 11.8 Å². The Bertz CT molecular complexity index is 419. The topological polar surface area (TPSA) is 43.4 Å². The van der Waals surface area contributed by atoms with Crippen LogP contribution in [0.1, 0.15) is 22.3 Å². The van der Waals surface area contributed by atoms with E-state index >= 15 is 0 Å². The van der Waals surface area contributed by atoms with Gasteiger partial charge in [-0.3, -0.25) is 9.59 Å². The summed E-state index contributed by atoms with van der Waals surface area (Å²) in [6, 6.07) is 7.43. The lowest BCUT2D eigenvalue weighted by Gasteiger charge is -2.00. The Morgan fingerprint density at radius 3 is 2.38 bits per heavy atom. The molecule has 3 nitrogen and oxygen atoms in total. The molecule has 1 aliphatic carbocycles. The molecular weight excluding hydrogens is 204 g/mol. The molecule has 16 heavy (non-hydrogen) atoms. The van der Waals surface area contributed by atoms with Crippen LogP contribution >= 0.6 is 0 Å². The predicted octanol–water partition coefficient (Wildman–Crippen LogP) is 1.99. The molecule has 0 unspecified atom stereocenters. The number of hydrogen-bond acceptors (Lipinski definition) is 3. The van der Waals surface area contributed by atoms with Crippen LogP contribution in [-0.2, 0) is 9.53 Å². The minimum atomic E-state index is -0.273. The fourth-order valence-electron chi connectivity index (χ4n) is 1.83. The Morgan fingerprint density at radius 2 is 1.81 bits per heavy atom. The molecule has 1 fully saturated rings. The van der Waals surface area contributed by atoms with Crippen molar-refractivity contribution in [2.75, 3.05) is 7.11 Å². The third-order valence-electron chi connectivity index (χ3n) is 2.97. The molecule has 2 atom stereocenters. The Hall–Kier alpha value is -1.64. The van der Waals surface area contributed by atoms with Gasteiger partial charge >= 0.3 is 5.97 Å². The summed E-state index contributed by atoms with van der Waals surface area (Å²) >= 11 is 0. The summed E-state index contributed by atoms with van der Waals surface area (Å²) in [7, 11) is 1.36. The number of ketones is 1. The van der Waals surface area contributed by atoms with Gasteiger partial charge in [0.25, 0.3) is 0 Å².